The Balaban J connectivity index is 2.14. The average Bonchev–Trinajstić information content (AvgIpc) is 2.48. The Bertz CT molecular complexity index is 678. The quantitative estimate of drug-likeness (QED) is 0.607. The van der Waals surface area contributed by atoms with E-state index < -0.39 is 17.4 Å². The van der Waals surface area contributed by atoms with Gasteiger partial charge >= 0.3 is 0 Å². The second-order valence-corrected chi connectivity index (χ2v) is 4.33. The fourth-order valence-electron chi connectivity index (χ4n) is 1.79. The molecule has 2 aromatic rings. The van der Waals surface area contributed by atoms with Crippen molar-refractivity contribution in [1.82, 2.24) is 0 Å². The van der Waals surface area contributed by atoms with Crippen LogP contribution in [0.5, 0.6) is 5.75 Å². The summed E-state index contributed by atoms with van der Waals surface area (Å²) in [5.74, 6) is -1.69. The maximum atomic E-state index is 13.1. The molecule has 0 aliphatic rings. The van der Waals surface area contributed by atoms with Crippen molar-refractivity contribution in [2.45, 2.75) is 6.92 Å². The number of carbonyl (C=O) groups excluding carboxylic acids is 1. The average molecular weight is 288 g/mol. The summed E-state index contributed by atoms with van der Waals surface area (Å²) in [6, 6.07) is 10.3. The van der Waals surface area contributed by atoms with Crippen molar-refractivity contribution < 1.29 is 18.3 Å². The number of ketones is 1. The molecule has 0 radical (unpaired) electrons. The first-order chi connectivity index (χ1) is 10.1. The van der Waals surface area contributed by atoms with Crippen LogP contribution in [0, 0.1) is 11.6 Å². The highest BCUT2D eigenvalue weighted by Crippen LogP contribution is 2.15. The van der Waals surface area contributed by atoms with E-state index in [9.17, 15) is 13.6 Å². The number of allylic oxidation sites excluding steroid dienone is 1. The maximum Gasteiger partial charge on any atom is 0.185 e. The van der Waals surface area contributed by atoms with Crippen molar-refractivity contribution in [3.63, 3.8) is 0 Å². The minimum absolute atomic E-state index is 0.103. The molecule has 0 N–H and O–H groups in total. The lowest BCUT2D eigenvalue weighted by Gasteiger charge is -2.03. The molecule has 0 spiro atoms. The van der Waals surface area contributed by atoms with Crippen molar-refractivity contribution in [2.75, 3.05) is 6.61 Å². The van der Waals surface area contributed by atoms with Gasteiger partial charge in [-0.2, -0.15) is 0 Å². The van der Waals surface area contributed by atoms with Gasteiger partial charge in [0.05, 0.1) is 6.61 Å². The van der Waals surface area contributed by atoms with E-state index in [2.05, 4.69) is 0 Å². The van der Waals surface area contributed by atoms with Gasteiger partial charge in [-0.3, -0.25) is 4.79 Å². The third kappa shape index (κ3) is 3.99. The summed E-state index contributed by atoms with van der Waals surface area (Å²) >= 11 is 0. The van der Waals surface area contributed by atoms with E-state index in [1.807, 2.05) is 25.1 Å². The topological polar surface area (TPSA) is 26.3 Å². The first-order valence-electron chi connectivity index (χ1n) is 6.50. The number of hydrogen-bond acceptors (Lipinski definition) is 2. The SMILES string of the molecule is CCOc1cccc(C=CC(=O)c2ccc(F)c(F)c2)c1. The lowest BCUT2D eigenvalue weighted by Crippen LogP contribution is -1.96. The van der Waals surface area contributed by atoms with E-state index in [0.29, 0.717) is 12.4 Å². The smallest absolute Gasteiger partial charge is 0.185 e. The summed E-state index contributed by atoms with van der Waals surface area (Å²) in [6.45, 7) is 2.44. The molecule has 0 heterocycles. The molecule has 0 fully saturated rings. The van der Waals surface area contributed by atoms with Gasteiger partial charge in [0.25, 0.3) is 0 Å². The first kappa shape index (κ1) is 14.9. The number of hydrogen-bond donors (Lipinski definition) is 0. The van der Waals surface area contributed by atoms with Crippen LogP contribution >= 0.6 is 0 Å². The number of benzene rings is 2. The summed E-state index contributed by atoms with van der Waals surface area (Å²) in [5.41, 5.74) is 0.892. The highest BCUT2D eigenvalue weighted by molar-refractivity contribution is 6.06. The Kier molecular flexibility index (Phi) is 4.82. The van der Waals surface area contributed by atoms with Gasteiger partial charge in [0.2, 0.25) is 0 Å². The van der Waals surface area contributed by atoms with Gasteiger partial charge in [0, 0.05) is 5.56 Å². The van der Waals surface area contributed by atoms with E-state index in [0.717, 1.165) is 17.7 Å². The highest BCUT2D eigenvalue weighted by Gasteiger charge is 2.07. The zero-order chi connectivity index (χ0) is 15.2. The van der Waals surface area contributed by atoms with Crippen LogP contribution in [0.4, 0.5) is 8.78 Å². The Hall–Kier alpha value is -2.49. The van der Waals surface area contributed by atoms with Crippen LogP contribution in [0.15, 0.2) is 48.5 Å². The van der Waals surface area contributed by atoms with Gasteiger partial charge in [-0.05, 0) is 48.9 Å². The molecule has 0 saturated carbocycles. The molecule has 0 atom stereocenters. The molecule has 0 saturated heterocycles. The van der Waals surface area contributed by atoms with Gasteiger partial charge in [-0.1, -0.05) is 18.2 Å². The first-order valence-corrected chi connectivity index (χ1v) is 6.50. The molecule has 4 heteroatoms. The van der Waals surface area contributed by atoms with Crippen molar-refractivity contribution in [3.05, 3.63) is 71.3 Å². The molecule has 21 heavy (non-hydrogen) atoms. The van der Waals surface area contributed by atoms with E-state index in [-0.39, 0.29) is 5.56 Å². The van der Waals surface area contributed by atoms with Gasteiger partial charge in [-0.25, -0.2) is 8.78 Å². The summed E-state index contributed by atoms with van der Waals surface area (Å²) in [6.07, 6.45) is 2.92. The summed E-state index contributed by atoms with van der Waals surface area (Å²) in [5, 5.41) is 0. The number of carbonyl (C=O) groups is 1. The minimum atomic E-state index is -1.03. The van der Waals surface area contributed by atoms with Gasteiger partial charge < -0.3 is 4.74 Å². The number of halogens is 2. The zero-order valence-corrected chi connectivity index (χ0v) is 11.5. The van der Waals surface area contributed by atoms with Gasteiger partial charge in [0.15, 0.2) is 17.4 Å². The van der Waals surface area contributed by atoms with Gasteiger partial charge in [0.1, 0.15) is 5.75 Å². The summed E-state index contributed by atoms with van der Waals surface area (Å²) in [7, 11) is 0. The fraction of sp³-hybridized carbons (Fsp3) is 0.118. The number of rotatable bonds is 5. The molecule has 0 aliphatic heterocycles. The maximum absolute atomic E-state index is 13.1. The summed E-state index contributed by atoms with van der Waals surface area (Å²) < 4.78 is 31.2. The highest BCUT2D eigenvalue weighted by atomic mass is 19.2. The molecule has 0 aromatic heterocycles. The lowest BCUT2D eigenvalue weighted by molar-refractivity contribution is 0.104. The summed E-state index contributed by atoms with van der Waals surface area (Å²) in [4.78, 5) is 11.9. The second kappa shape index (κ2) is 6.79. The molecule has 0 amide bonds. The van der Waals surface area contributed by atoms with Crippen LogP contribution < -0.4 is 4.74 Å². The second-order valence-electron chi connectivity index (χ2n) is 4.33. The van der Waals surface area contributed by atoms with Crippen molar-refractivity contribution in [2.24, 2.45) is 0 Å². The molecular formula is C17H14F2O2. The Labute approximate surface area is 121 Å². The van der Waals surface area contributed by atoms with Crippen LogP contribution in [0.2, 0.25) is 0 Å². The molecule has 0 aliphatic carbocycles. The fourth-order valence-corrected chi connectivity index (χ4v) is 1.79. The molecule has 2 nitrogen and oxygen atoms in total. The van der Waals surface area contributed by atoms with E-state index in [4.69, 9.17) is 4.74 Å². The predicted octanol–water partition coefficient (Wildman–Crippen LogP) is 4.26. The number of ether oxygens (including phenoxy) is 1. The van der Waals surface area contributed by atoms with Crippen LogP contribution in [-0.2, 0) is 0 Å². The third-order valence-corrected chi connectivity index (χ3v) is 2.80. The molecular weight excluding hydrogens is 274 g/mol. The van der Waals surface area contributed by atoms with Crippen LogP contribution in [0.25, 0.3) is 6.08 Å². The lowest BCUT2D eigenvalue weighted by atomic mass is 10.1. The third-order valence-electron chi connectivity index (χ3n) is 2.80. The molecule has 2 aromatic carbocycles. The molecule has 0 unspecified atom stereocenters. The van der Waals surface area contributed by atoms with Crippen molar-refractivity contribution in [1.29, 1.82) is 0 Å². The van der Waals surface area contributed by atoms with Crippen molar-refractivity contribution >= 4 is 11.9 Å². The monoisotopic (exact) mass is 288 g/mol. The van der Waals surface area contributed by atoms with Crippen LogP contribution in [0.3, 0.4) is 0 Å². The van der Waals surface area contributed by atoms with Crippen LogP contribution in [-0.4, -0.2) is 12.4 Å². The van der Waals surface area contributed by atoms with E-state index in [1.54, 1.807) is 12.1 Å². The van der Waals surface area contributed by atoms with Crippen molar-refractivity contribution in [3.8, 4) is 5.75 Å². The van der Waals surface area contributed by atoms with E-state index in [1.165, 1.54) is 12.1 Å². The van der Waals surface area contributed by atoms with E-state index >= 15 is 0 Å². The molecule has 0 bridgehead atoms. The Morgan fingerprint density at radius 2 is 1.95 bits per heavy atom. The molecule has 2 rings (SSSR count). The molecule has 108 valence electrons. The Morgan fingerprint density at radius 3 is 2.67 bits per heavy atom. The van der Waals surface area contributed by atoms with Gasteiger partial charge in [-0.15, -0.1) is 0 Å². The minimum Gasteiger partial charge on any atom is -0.494 e. The predicted molar refractivity (Wildman–Crippen MR) is 77.3 cm³/mol. The Morgan fingerprint density at radius 1 is 1.14 bits per heavy atom. The standard InChI is InChI=1S/C17H14F2O2/c1-2-21-14-5-3-4-12(10-14)6-9-17(20)13-7-8-15(18)16(19)11-13/h3-11H,2H2,1H3. The van der Waals surface area contributed by atoms with Crippen LogP contribution in [0.1, 0.15) is 22.8 Å². The zero-order valence-electron chi connectivity index (χ0n) is 11.5. The largest absolute Gasteiger partial charge is 0.494 e. The normalized spacial score (nSPS) is 10.8.